The molecule has 0 saturated carbocycles. The minimum Gasteiger partial charge on any atom is -0.497 e. The van der Waals surface area contributed by atoms with Crippen LogP contribution in [0.4, 0.5) is 16.2 Å². The largest absolute Gasteiger partial charge is 0.497 e. The number of rotatable bonds is 5. The van der Waals surface area contributed by atoms with Gasteiger partial charge in [0.15, 0.2) is 0 Å². The number of nitrogens with one attached hydrogen (secondary N) is 2. The lowest BCUT2D eigenvalue weighted by molar-refractivity contribution is 0.142. The number of anilines is 2. The van der Waals surface area contributed by atoms with E-state index in [1.165, 1.54) is 11.1 Å². The van der Waals surface area contributed by atoms with Gasteiger partial charge >= 0.3 is 6.09 Å². The Labute approximate surface area is 181 Å². The number of carbonyl (C=O) groups is 1. The molecule has 0 saturated heterocycles. The van der Waals surface area contributed by atoms with Gasteiger partial charge in [0, 0.05) is 29.6 Å². The van der Waals surface area contributed by atoms with Gasteiger partial charge in [0.1, 0.15) is 12.4 Å². The summed E-state index contributed by atoms with van der Waals surface area (Å²) in [5.41, 5.74) is 6.96. The second-order valence-corrected chi connectivity index (χ2v) is 7.48. The Hall–Kier alpha value is -3.80. The quantitative estimate of drug-likeness (QED) is 0.414. The van der Waals surface area contributed by atoms with Crippen LogP contribution in [-0.4, -0.2) is 25.2 Å². The Morgan fingerprint density at radius 2 is 1.74 bits per heavy atom. The average Bonchev–Trinajstić information content (AvgIpc) is 2.78. The molecule has 31 heavy (non-hydrogen) atoms. The van der Waals surface area contributed by atoms with E-state index in [-0.39, 0.29) is 6.61 Å². The number of ether oxygens (including phenoxy) is 2. The lowest BCUT2D eigenvalue weighted by Crippen LogP contribution is -2.18. The molecular formula is C25H25N3O3. The van der Waals surface area contributed by atoms with E-state index in [1.807, 2.05) is 42.5 Å². The van der Waals surface area contributed by atoms with Crippen molar-refractivity contribution >= 4 is 39.3 Å². The molecule has 1 heterocycles. The highest BCUT2D eigenvalue weighted by atomic mass is 16.5. The first-order valence-electron chi connectivity index (χ1n) is 10.1. The van der Waals surface area contributed by atoms with Crippen LogP contribution in [0.15, 0.2) is 54.6 Å². The fourth-order valence-electron chi connectivity index (χ4n) is 3.55. The molecule has 1 amide bonds. The van der Waals surface area contributed by atoms with Gasteiger partial charge in [-0.2, -0.15) is 0 Å². The fourth-order valence-corrected chi connectivity index (χ4v) is 3.55. The van der Waals surface area contributed by atoms with Crippen LogP contribution in [-0.2, 0) is 11.3 Å². The Morgan fingerprint density at radius 3 is 2.52 bits per heavy atom. The monoisotopic (exact) mass is 415 g/mol. The van der Waals surface area contributed by atoms with Crippen LogP contribution >= 0.6 is 0 Å². The van der Waals surface area contributed by atoms with E-state index in [9.17, 15) is 4.79 Å². The van der Waals surface area contributed by atoms with Crippen molar-refractivity contribution in [3.8, 4) is 5.75 Å². The highest BCUT2D eigenvalue weighted by Crippen LogP contribution is 2.36. The molecule has 0 aliphatic heterocycles. The van der Waals surface area contributed by atoms with Crippen molar-refractivity contribution in [3.63, 3.8) is 0 Å². The van der Waals surface area contributed by atoms with Crippen molar-refractivity contribution in [2.45, 2.75) is 20.5 Å². The van der Waals surface area contributed by atoms with E-state index in [2.05, 4.69) is 36.6 Å². The van der Waals surface area contributed by atoms with Crippen LogP contribution in [0.2, 0.25) is 0 Å². The zero-order valence-electron chi connectivity index (χ0n) is 18.1. The molecule has 0 fully saturated rings. The summed E-state index contributed by atoms with van der Waals surface area (Å²) < 4.78 is 10.6. The third-order valence-electron chi connectivity index (χ3n) is 5.37. The van der Waals surface area contributed by atoms with E-state index in [0.29, 0.717) is 0 Å². The molecule has 4 rings (SSSR count). The van der Waals surface area contributed by atoms with Gasteiger partial charge in [0.05, 0.1) is 23.8 Å². The number of hydrogen-bond donors (Lipinski definition) is 2. The first kappa shape index (κ1) is 20.5. The number of nitrogens with zero attached hydrogens (tertiary/aromatic N) is 1. The predicted molar refractivity (Wildman–Crippen MR) is 124 cm³/mol. The van der Waals surface area contributed by atoms with Gasteiger partial charge in [-0.25, -0.2) is 9.78 Å². The maximum atomic E-state index is 11.4. The van der Waals surface area contributed by atoms with Crippen molar-refractivity contribution < 1.29 is 14.3 Å². The van der Waals surface area contributed by atoms with Crippen LogP contribution < -0.4 is 15.4 Å². The Kier molecular flexibility index (Phi) is 5.62. The van der Waals surface area contributed by atoms with E-state index in [1.54, 1.807) is 14.2 Å². The van der Waals surface area contributed by atoms with E-state index >= 15 is 0 Å². The van der Waals surface area contributed by atoms with Crippen molar-refractivity contribution in [1.82, 2.24) is 10.3 Å². The van der Waals surface area contributed by atoms with Crippen molar-refractivity contribution in [1.29, 1.82) is 0 Å². The van der Waals surface area contributed by atoms with Gasteiger partial charge in [-0.1, -0.05) is 12.1 Å². The van der Waals surface area contributed by atoms with Gasteiger partial charge < -0.3 is 20.1 Å². The number of alkyl carbamates (subject to hydrolysis) is 1. The summed E-state index contributed by atoms with van der Waals surface area (Å²) in [5, 5.41) is 8.09. The Balaban J connectivity index is 1.81. The van der Waals surface area contributed by atoms with Gasteiger partial charge in [-0.05, 0) is 66.9 Å². The zero-order valence-corrected chi connectivity index (χ0v) is 18.1. The summed E-state index contributed by atoms with van der Waals surface area (Å²) in [4.78, 5) is 16.3. The first-order valence-corrected chi connectivity index (χ1v) is 10.1. The SMILES string of the molecule is CNC(=O)OCc1cccc(Nc2c3ccc(OC)cc3nc3cc(C)c(C)cc23)c1. The molecule has 6 nitrogen and oxygen atoms in total. The fraction of sp³-hybridized carbons (Fsp3) is 0.200. The van der Waals surface area contributed by atoms with E-state index in [4.69, 9.17) is 14.5 Å². The van der Waals surface area contributed by atoms with E-state index < -0.39 is 6.09 Å². The molecule has 0 bridgehead atoms. The molecular weight excluding hydrogens is 390 g/mol. The second kappa shape index (κ2) is 8.52. The van der Waals surface area contributed by atoms with Crippen LogP contribution in [0, 0.1) is 13.8 Å². The standard InChI is InChI=1S/C25H25N3O3/c1-15-10-21-22(11-16(15)2)28-23-13-19(30-4)8-9-20(23)24(21)27-18-7-5-6-17(12-18)14-31-25(29)26-3/h5-13H,14H2,1-4H3,(H,26,29)(H,27,28). The number of pyridine rings is 1. The normalized spacial score (nSPS) is 10.8. The van der Waals surface area contributed by atoms with E-state index in [0.717, 1.165) is 44.5 Å². The summed E-state index contributed by atoms with van der Waals surface area (Å²) in [5.74, 6) is 0.766. The number of benzene rings is 3. The third-order valence-corrected chi connectivity index (χ3v) is 5.37. The summed E-state index contributed by atoms with van der Waals surface area (Å²) in [7, 11) is 3.19. The summed E-state index contributed by atoms with van der Waals surface area (Å²) in [6, 6.07) is 18.0. The molecule has 2 N–H and O–H groups in total. The maximum Gasteiger partial charge on any atom is 0.407 e. The van der Waals surface area contributed by atoms with Crippen LogP contribution in [0.25, 0.3) is 21.8 Å². The lowest BCUT2D eigenvalue weighted by atomic mass is 10.0. The summed E-state index contributed by atoms with van der Waals surface area (Å²) in [6.07, 6.45) is -0.454. The van der Waals surface area contributed by atoms with Crippen molar-refractivity contribution in [2.24, 2.45) is 0 Å². The minimum atomic E-state index is -0.454. The summed E-state index contributed by atoms with van der Waals surface area (Å²) in [6.45, 7) is 4.39. The number of aryl methyl sites for hydroxylation is 2. The van der Waals surface area contributed by atoms with Crippen LogP contribution in [0.5, 0.6) is 5.75 Å². The van der Waals surface area contributed by atoms with Crippen LogP contribution in [0.3, 0.4) is 0 Å². The highest BCUT2D eigenvalue weighted by molar-refractivity contribution is 6.09. The highest BCUT2D eigenvalue weighted by Gasteiger charge is 2.12. The molecule has 0 unspecified atom stereocenters. The van der Waals surface area contributed by atoms with Crippen molar-refractivity contribution in [2.75, 3.05) is 19.5 Å². The second-order valence-electron chi connectivity index (χ2n) is 7.48. The molecule has 0 atom stereocenters. The first-order chi connectivity index (χ1) is 15.0. The molecule has 0 aliphatic carbocycles. The van der Waals surface area contributed by atoms with Gasteiger partial charge in [0.2, 0.25) is 0 Å². The van der Waals surface area contributed by atoms with Gasteiger partial charge in [-0.3, -0.25) is 0 Å². The number of aromatic nitrogens is 1. The molecule has 0 spiro atoms. The minimum absolute atomic E-state index is 0.197. The number of carbonyl (C=O) groups excluding carboxylic acids is 1. The molecule has 6 heteroatoms. The molecule has 4 aromatic rings. The topological polar surface area (TPSA) is 72.5 Å². The summed E-state index contributed by atoms with van der Waals surface area (Å²) >= 11 is 0. The van der Waals surface area contributed by atoms with Gasteiger partial charge in [0.25, 0.3) is 0 Å². The molecule has 0 radical (unpaired) electrons. The molecule has 1 aromatic heterocycles. The molecule has 158 valence electrons. The lowest BCUT2D eigenvalue weighted by Gasteiger charge is -2.16. The van der Waals surface area contributed by atoms with Gasteiger partial charge in [-0.15, -0.1) is 0 Å². The molecule has 3 aromatic carbocycles. The zero-order chi connectivity index (χ0) is 22.0. The smallest absolute Gasteiger partial charge is 0.407 e. The Morgan fingerprint density at radius 1 is 0.968 bits per heavy atom. The predicted octanol–water partition coefficient (Wildman–Crippen LogP) is 5.61. The number of fused-ring (bicyclic) bond motifs is 2. The average molecular weight is 415 g/mol. The third kappa shape index (κ3) is 4.23. The Bertz CT molecular complexity index is 1280. The number of hydrogen-bond acceptors (Lipinski definition) is 5. The molecule has 0 aliphatic rings. The van der Waals surface area contributed by atoms with Crippen molar-refractivity contribution in [3.05, 3.63) is 71.3 Å². The number of amides is 1. The maximum absolute atomic E-state index is 11.4. The van der Waals surface area contributed by atoms with Crippen LogP contribution in [0.1, 0.15) is 16.7 Å². The number of methoxy groups -OCH3 is 1.